The summed E-state index contributed by atoms with van der Waals surface area (Å²) in [5.41, 5.74) is 3.39. The Hall–Kier alpha value is -2.16. The van der Waals surface area contributed by atoms with Crippen molar-refractivity contribution in [1.29, 1.82) is 0 Å². The van der Waals surface area contributed by atoms with Gasteiger partial charge in [0.15, 0.2) is 6.29 Å². The van der Waals surface area contributed by atoms with E-state index in [4.69, 9.17) is 0 Å². The van der Waals surface area contributed by atoms with Gasteiger partial charge in [0, 0.05) is 17.1 Å². The van der Waals surface area contributed by atoms with Crippen molar-refractivity contribution in [3.63, 3.8) is 0 Å². The molecule has 3 heteroatoms. The molecule has 0 atom stereocenters. The second kappa shape index (κ2) is 4.37. The number of aromatic nitrogens is 1. The number of H-pyrrole nitrogens is 1. The van der Waals surface area contributed by atoms with Crippen LogP contribution >= 0.6 is 0 Å². The number of Topliss-reactive ketones (excluding diaryl/α,β-unsaturated/α-hetero) is 1. The van der Waals surface area contributed by atoms with E-state index in [1.165, 1.54) is 0 Å². The number of hydrogen-bond acceptors (Lipinski definition) is 2. The molecule has 3 nitrogen and oxygen atoms in total. The summed E-state index contributed by atoms with van der Waals surface area (Å²) in [5, 5.41) is 0.811. The fourth-order valence-corrected chi connectivity index (χ4v) is 1.90. The average molecular weight is 227 g/mol. The first kappa shape index (κ1) is 11.3. The van der Waals surface area contributed by atoms with E-state index < -0.39 is 5.78 Å². The van der Waals surface area contributed by atoms with E-state index in [-0.39, 0.29) is 0 Å². The second-order valence-electron chi connectivity index (χ2n) is 4.18. The lowest BCUT2D eigenvalue weighted by atomic mass is 10.0. The van der Waals surface area contributed by atoms with E-state index >= 15 is 0 Å². The molecule has 1 aromatic carbocycles. The number of nitrogens with one attached hydrogen (secondary N) is 1. The molecule has 0 bridgehead atoms. The normalized spacial score (nSPS) is 10.2. The van der Waals surface area contributed by atoms with Gasteiger partial charge in [-0.3, -0.25) is 9.59 Å². The van der Waals surface area contributed by atoms with Crippen LogP contribution in [0.3, 0.4) is 0 Å². The van der Waals surface area contributed by atoms with Crippen molar-refractivity contribution in [3.8, 4) is 0 Å². The van der Waals surface area contributed by atoms with Gasteiger partial charge >= 0.3 is 0 Å². The third kappa shape index (κ3) is 2.04. The Morgan fingerprint density at radius 3 is 2.71 bits per heavy atom. The molecule has 0 radical (unpaired) electrons. The minimum atomic E-state index is -0.495. The molecule has 86 valence electrons. The van der Waals surface area contributed by atoms with Crippen LogP contribution in [0.4, 0.5) is 0 Å². The predicted octanol–water partition coefficient (Wildman–Crippen LogP) is 2.97. The van der Waals surface area contributed by atoms with Gasteiger partial charge in [0.05, 0.1) is 5.56 Å². The minimum Gasteiger partial charge on any atom is -0.360 e. The van der Waals surface area contributed by atoms with Crippen LogP contribution in [0, 0.1) is 0 Å². The van der Waals surface area contributed by atoms with E-state index in [1.54, 1.807) is 6.20 Å². The van der Waals surface area contributed by atoms with E-state index in [2.05, 4.69) is 4.98 Å². The molecule has 0 saturated carbocycles. The zero-order valence-electron chi connectivity index (χ0n) is 9.78. The summed E-state index contributed by atoms with van der Waals surface area (Å²) < 4.78 is 0. The highest BCUT2D eigenvalue weighted by atomic mass is 16.2. The van der Waals surface area contributed by atoms with Gasteiger partial charge in [0.2, 0.25) is 5.78 Å². The summed E-state index contributed by atoms with van der Waals surface area (Å²) in [7, 11) is 0. The van der Waals surface area contributed by atoms with Crippen LogP contribution in [0.1, 0.15) is 29.8 Å². The van der Waals surface area contributed by atoms with Crippen LogP contribution in [0.15, 0.2) is 30.0 Å². The number of allylic oxidation sites excluding steroid dienone is 1. The third-order valence-electron chi connectivity index (χ3n) is 2.55. The number of hydrogen-bond donors (Lipinski definition) is 1. The maximum atomic E-state index is 11.5. The largest absolute Gasteiger partial charge is 0.360 e. The van der Waals surface area contributed by atoms with Crippen LogP contribution in [0.5, 0.6) is 0 Å². The van der Waals surface area contributed by atoms with Gasteiger partial charge in [0.25, 0.3) is 0 Å². The fraction of sp³-hybridized carbons (Fsp3) is 0.143. The van der Waals surface area contributed by atoms with E-state index in [0.29, 0.717) is 11.8 Å². The van der Waals surface area contributed by atoms with Crippen molar-refractivity contribution in [3.05, 3.63) is 41.1 Å². The van der Waals surface area contributed by atoms with Crippen molar-refractivity contribution in [1.82, 2.24) is 4.98 Å². The van der Waals surface area contributed by atoms with Crippen molar-refractivity contribution in [2.24, 2.45) is 0 Å². The first-order chi connectivity index (χ1) is 8.13. The molecule has 0 unspecified atom stereocenters. The first-order valence-electron chi connectivity index (χ1n) is 5.38. The molecule has 0 saturated heterocycles. The van der Waals surface area contributed by atoms with Crippen LogP contribution in [0.25, 0.3) is 17.0 Å². The number of fused-ring (bicyclic) bond motifs is 1. The number of ketones is 1. The van der Waals surface area contributed by atoms with Crippen molar-refractivity contribution < 1.29 is 9.59 Å². The average Bonchev–Trinajstić information content (AvgIpc) is 2.72. The Kier molecular flexibility index (Phi) is 2.91. The van der Waals surface area contributed by atoms with Gasteiger partial charge in [-0.05, 0) is 25.5 Å². The molecule has 17 heavy (non-hydrogen) atoms. The zero-order valence-corrected chi connectivity index (χ0v) is 9.78. The number of benzene rings is 1. The highest BCUT2D eigenvalue weighted by molar-refractivity contribution is 6.36. The third-order valence-corrected chi connectivity index (χ3v) is 2.55. The molecule has 1 heterocycles. The molecule has 1 aromatic heterocycles. The lowest BCUT2D eigenvalue weighted by Crippen LogP contribution is -1.98. The Morgan fingerprint density at radius 2 is 2.06 bits per heavy atom. The number of aldehydes is 1. The highest BCUT2D eigenvalue weighted by Gasteiger charge is 2.13. The predicted molar refractivity (Wildman–Crippen MR) is 68.0 cm³/mol. The summed E-state index contributed by atoms with van der Waals surface area (Å²) >= 11 is 0. The quantitative estimate of drug-likeness (QED) is 0.498. The Bertz CT molecular complexity index is 616. The summed E-state index contributed by atoms with van der Waals surface area (Å²) in [6.07, 6.45) is 3.93. The maximum absolute atomic E-state index is 11.5. The summed E-state index contributed by atoms with van der Waals surface area (Å²) in [5.74, 6) is -0.495. The lowest BCUT2D eigenvalue weighted by Gasteiger charge is -2.00. The number of rotatable bonds is 3. The summed E-state index contributed by atoms with van der Waals surface area (Å²) in [6.45, 7) is 3.99. The Labute approximate surface area is 99.1 Å². The number of aromatic amines is 1. The van der Waals surface area contributed by atoms with Crippen molar-refractivity contribution in [2.45, 2.75) is 13.8 Å². The molecule has 2 aromatic rings. The minimum absolute atomic E-state index is 0.349. The zero-order chi connectivity index (χ0) is 12.4. The van der Waals surface area contributed by atoms with Crippen molar-refractivity contribution >= 4 is 29.0 Å². The Morgan fingerprint density at radius 1 is 1.29 bits per heavy atom. The molecule has 0 aliphatic carbocycles. The molecule has 0 aliphatic heterocycles. The molecule has 0 aliphatic rings. The molecular formula is C14H13NO2. The van der Waals surface area contributed by atoms with Gasteiger partial charge in [-0.2, -0.15) is 0 Å². The SMILES string of the molecule is CC(C)=Cc1cccc2[nH]cc(C(=O)C=O)c12. The lowest BCUT2D eigenvalue weighted by molar-refractivity contribution is -0.104. The second-order valence-corrected chi connectivity index (χ2v) is 4.18. The van der Waals surface area contributed by atoms with Gasteiger partial charge in [-0.25, -0.2) is 0 Å². The standard InChI is InChI=1S/C14H13NO2/c1-9(2)6-10-4-3-5-12-14(10)11(7-15-12)13(17)8-16/h3-8,15H,1-2H3. The number of carbonyl (C=O) groups excluding carboxylic acids is 2. The first-order valence-corrected chi connectivity index (χ1v) is 5.38. The molecule has 0 amide bonds. The molecular weight excluding hydrogens is 214 g/mol. The Balaban J connectivity index is 2.76. The summed E-state index contributed by atoms with van der Waals surface area (Å²) in [4.78, 5) is 25.1. The van der Waals surface area contributed by atoms with Gasteiger partial charge in [-0.1, -0.05) is 23.8 Å². The van der Waals surface area contributed by atoms with Gasteiger partial charge < -0.3 is 4.98 Å². The molecule has 0 fully saturated rings. The number of carbonyl (C=O) groups is 2. The smallest absolute Gasteiger partial charge is 0.227 e. The maximum Gasteiger partial charge on any atom is 0.227 e. The summed E-state index contributed by atoms with van der Waals surface area (Å²) in [6, 6.07) is 5.74. The van der Waals surface area contributed by atoms with Crippen LogP contribution in [0.2, 0.25) is 0 Å². The van der Waals surface area contributed by atoms with Crippen LogP contribution in [-0.4, -0.2) is 17.1 Å². The molecule has 2 rings (SSSR count). The van der Waals surface area contributed by atoms with E-state index in [0.717, 1.165) is 22.0 Å². The monoisotopic (exact) mass is 227 g/mol. The van der Waals surface area contributed by atoms with E-state index in [1.807, 2.05) is 38.1 Å². The fourth-order valence-electron chi connectivity index (χ4n) is 1.90. The van der Waals surface area contributed by atoms with Crippen molar-refractivity contribution in [2.75, 3.05) is 0 Å². The van der Waals surface area contributed by atoms with Gasteiger partial charge in [-0.15, -0.1) is 0 Å². The van der Waals surface area contributed by atoms with Gasteiger partial charge in [0.1, 0.15) is 0 Å². The van der Waals surface area contributed by atoms with Crippen LogP contribution in [-0.2, 0) is 4.79 Å². The topological polar surface area (TPSA) is 49.9 Å². The molecule has 0 spiro atoms. The highest BCUT2D eigenvalue weighted by Crippen LogP contribution is 2.24. The van der Waals surface area contributed by atoms with Crippen LogP contribution < -0.4 is 0 Å². The molecule has 1 N–H and O–H groups in total. The van der Waals surface area contributed by atoms with E-state index in [9.17, 15) is 9.59 Å².